The van der Waals surface area contributed by atoms with Gasteiger partial charge in [-0.3, -0.25) is 0 Å². The summed E-state index contributed by atoms with van der Waals surface area (Å²) in [6, 6.07) is 0. The molecule has 0 aliphatic rings. The number of aliphatic hydroxyl groups is 2. The van der Waals surface area contributed by atoms with E-state index in [1.807, 2.05) is 0 Å². The molecule has 0 saturated carbocycles. The van der Waals surface area contributed by atoms with Crippen LogP contribution in [-0.4, -0.2) is 10.2 Å². The monoisotopic (exact) mass is 216 g/mol. The van der Waals surface area contributed by atoms with Gasteiger partial charge in [0.25, 0.3) is 0 Å². The van der Waals surface area contributed by atoms with E-state index in [9.17, 15) is 0 Å². The summed E-state index contributed by atoms with van der Waals surface area (Å²) in [4.78, 5) is 0. The Morgan fingerprint density at radius 3 is 2.69 bits per heavy atom. The zero-order chi connectivity index (χ0) is 12.1. The molecule has 0 atom stereocenters. The summed E-state index contributed by atoms with van der Waals surface area (Å²) in [5, 5.41) is 17.4. The molecule has 0 aliphatic carbocycles. The average Bonchev–Trinajstić information content (AvgIpc) is 2.27. The van der Waals surface area contributed by atoms with E-state index in [1.165, 1.54) is 12.2 Å². The molecule has 0 amide bonds. The Balaban J connectivity index is 3.86. The van der Waals surface area contributed by atoms with Crippen molar-refractivity contribution in [2.24, 2.45) is 0 Å². The lowest BCUT2D eigenvalue weighted by atomic mass is 10.3. The third-order valence-corrected chi connectivity index (χ3v) is 1.48. The van der Waals surface area contributed by atoms with E-state index in [1.54, 1.807) is 12.2 Å². The van der Waals surface area contributed by atoms with Gasteiger partial charge in [0, 0.05) is 18.9 Å². The molecule has 2 N–H and O–H groups in total. The lowest BCUT2D eigenvalue weighted by Gasteiger charge is -1.84. The highest BCUT2D eigenvalue weighted by molar-refractivity contribution is 5.27. The molecule has 0 aromatic rings. The first kappa shape index (κ1) is 13.9. The molecular weight excluding hydrogens is 200 g/mol. The number of rotatable bonds is 4. The highest BCUT2D eigenvalue weighted by atomic mass is 16.3. The van der Waals surface area contributed by atoms with Crippen molar-refractivity contribution < 1.29 is 10.2 Å². The summed E-state index contributed by atoms with van der Waals surface area (Å²) >= 11 is 0. The molecule has 0 spiro atoms. The lowest BCUT2D eigenvalue weighted by molar-refractivity contribution is 0.420. The normalized spacial score (nSPS) is 10.9. The fraction of sp³-hybridized carbons (Fsp3) is 0.286. The van der Waals surface area contributed by atoms with Crippen molar-refractivity contribution in [2.75, 3.05) is 0 Å². The quantitative estimate of drug-likeness (QED) is 0.430. The molecule has 0 radical (unpaired) electrons. The Kier molecular flexibility index (Phi) is 9.60. The second-order valence-corrected chi connectivity index (χ2v) is 2.89. The number of hydrogen-bond acceptors (Lipinski definition) is 2. The van der Waals surface area contributed by atoms with Gasteiger partial charge in [0.1, 0.15) is 5.76 Å². The van der Waals surface area contributed by atoms with Crippen molar-refractivity contribution in [3.63, 3.8) is 0 Å². The van der Waals surface area contributed by atoms with Crippen LogP contribution < -0.4 is 0 Å². The summed E-state index contributed by atoms with van der Waals surface area (Å²) in [6.07, 6.45) is 9.44. The van der Waals surface area contributed by atoms with E-state index in [2.05, 4.69) is 30.6 Å². The topological polar surface area (TPSA) is 40.5 Å². The van der Waals surface area contributed by atoms with Crippen LogP contribution in [0.3, 0.4) is 0 Å². The fourth-order valence-electron chi connectivity index (χ4n) is 0.752. The van der Waals surface area contributed by atoms with Gasteiger partial charge in [0.05, 0.1) is 6.26 Å². The van der Waals surface area contributed by atoms with Crippen LogP contribution in [0.4, 0.5) is 0 Å². The van der Waals surface area contributed by atoms with E-state index in [0.29, 0.717) is 6.42 Å². The van der Waals surface area contributed by atoms with Gasteiger partial charge in [-0.15, -0.1) is 0 Å². The Morgan fingerprint density at radius 2 is 2.00 bits per heavy atom. The average molecular weight is 216 g/mol. The van der Waals surface area contributed by atoms with Gasteiger partial charge in [0.15, 0.2) is 0 Å². The molecule has 0 saturated heterocycles. The third-order valence-electron chi connectivity index (χ3n) is 1.48. The van der Waals surface area contributed by atoms with Crippen molar-refractivity contribution in [2.45, 2.75) is 26.2 Å². The summed E-state index contributed by atoms with van der Waals surface area (Å²) in [7, 11) is 0. The number of allylic oxidation sites excluding steroid dienone is 4. The molecule has 0 heterocycles. The Labute approximate surface area is 97.0 Å². The van der Waals surface area contributed by atoms with Gasteiger partial charge in [-0.2, -0.15) is 0 Å². The Morgan fingerprint density at radius 1 is 1.25 bits per heavy atom. The molecule has 2 heteroatoms. The van der Waals surface area contributed by atoms with Gasteiger partial charge in [-0.1, -0.05) is 30.9 Å². The summed E-state index contributed by atoms with van der Waals surface area (Å²) in [5.74, 6) is 11.3. The van der Waals surface area contributed by atoms with Crippen molar-refractivity contribution in [1.29, 1.82) is 0 Å². The number of unbranched alkanes of at least 4 members (excludes halogenated alkanes) is 1. The molecule has 2 nitrogen and oxygen atoms in total. The Hall–Kier alpha value is -2.06. The molecule has 0 rings (SSSR count). The van der Waals surface area contributed by atoms with Crippen molar-refractivity contribution >= 4 is 0 Å². The molecule has 0 bridgehead atoms. The molecule has 0 aromatic carbocycles. The molecule has 0 aliphatic heterocycles. The van der Waals surface area contributed by atoms with Crippen LogP contribution in [0.1, 0.15) is 26.2 Å². The van der Waals surface area contributed by atoms with Crippen LogP contribution in [0.5, 0.6) is 0 Å². The van der Waals surface area contributed by atoms with E-state index < -0.39 is 0 Å². The lowest BCUT2D eigenvalue weighted by Crippen LogP contribution is -1.70. The second kappa shape index (κ2) is 11.0. The van der Waals surface area contributed by atoms with Crippen LogP contribution in [-0.2, 0) is 0 Å². The molecule has 16 heavy (non-hydrogen) atoms. The Bertz CT molecular complexity index is 378. The zero-order valence-corrected chi connectivity index (χ0v) is 9.40. The van der Waals surface area contributed by atoms with E-state index in [0.717, 1.165) is 19.1 Å². The highest BCUT2D eigenvalue weighted by Crippen LogP contribution is 1.91. The van der Waals surface area contributed by atoms with Gasteiger partial charge < -0.3 is 10.2 Å². The summed E-state index contributed by atoms with van der Waals surface area (Å²) in [6.45, 7) is 2.07. The van der Waals surface area contributed by atoms with Crippen LogP contribution in [0.15, 0.2) is 36.3 Å². The fourth-order valence-corrected chi connectivity index (χ4v) is 0.752. The minimum Gasteiger partial charge on any atom is -0.515 e. The third kappa shape index (κ3) is 10.0. The summed E-state index contributed by atoms with van der Waals surface area (Å²) < 4.78 is 0. The molecule has 0 unspecified atom stereocenters. The maximum atomic E-state index is 9.05. The second-order valence-electron chi connectivity index (χ2n) is 2.89. The SMILES string of the molecule is CCCC#CC#CC/C=C\C=C(\O)C=CO. The van der Waals surface area contributed by atoms with Crippen molar-refractivity contribution in [3.05, 3.63) is 36.3 Å². The first-order valence-corrected chi connectivity index (χ1v) is 5.13. The van der Waals surface area contributed by atoms with Crippen LogP contribution in [0.25, 0.3) is 0 Å². The predicted octanol–water partition coefficient (Wildman–Crippen LogP) is 3.25. The van der Waals surface area contributed by atoms with Gasteiger partial charge >= 0.3 is 0 Å². The van der Waals surface area contributed by atoms with Crippen LogP contribution >= 0.6 is 0 Å². The first-order chi connectivity index (χ1) is 7.81. The zero-order valence-electron chi connectivity index (χ0n) is 9.40. The predicted molar refractivity (Wildman–Crippen MR) is 66.7 cm³/mol. The van der Waals surface area contributed by atoms with Gasteiger partial charge in [-0.25, -0.2) is 0 Å². The standard InChI is InChI=1S/C14H16O2/c1-2-3-4-5-6-7-8-9-10-11-14(16)12-13-15/h9-13,15-16H,2-3,8H2,1H3/b10-9-,13-12?,14-11+. The van der Waals surface area contributed by atoms with E-state index in [-0.39, 0.29) is 5.76 Å². The minimum absolute atomic E-state index is 0.00514. The highest BCUT2D eigenvalue weighted by Gasteiger charge is 1.78. The maximum absolute atomic E-state index is 9.05. The maximum Gasteiger partial charge on any atom is 0.118 e. The molecule has 84 valence electrons. The molecule has 0 aromatic heterocycles. The molecular formula is C14H16O2. The van der Waals surface area contributed by atoms with Crippen molar-refractivity contribution in [3.8, 4) is 23.7 Å². The number of hydrogen-bond donors (Lipinski definition) is 2. The van der Waals surface area contributed by atoms with Crippen LogP contribution in [0, 0.1) is 23.7 Å². The van der Waals surface area contributed by atoms with Gasteiger partial charge in [0.2, 0.25) is 0 Å². The largest absolute Gasteiger partial charge is 0.515 e. The minimum atomic E-state index is -0.00514. The molecule has 0 fully saturated rings. The van der Waals surface area contributed by atoms with E-state index in [4.69, 9.17) is 10.2 Å². The smallest absolute Gasteiger partial charge is 0.118 e. The summed E-state index contributed by atoms with van der Waals surface area (Å²) in [5.41, 5.74) is 0. The number of aliphatic hydroxyl groups excluding tert-OH is 2. The van der Waals surface area contributed by atoms with E-state index >= 15 is 0 Å². The van der Waals surface area contributed by atoms with Gasteiger partial charge in [-0.05, 0) is 24.3 Å². The first-order valence-electron chi connectivity index (χ1n) is 5.13. The van der Waals surface area contributed by atoms with Crippen LogP contribution in [0.2, 0.25) is 0 Å². The van der Waals surface area contributed by atoms with Crippen molar-refractivity contribution in [1.82, 2.24) is 0 Å².